The van der Waals surface area contributed by atoms with Crippen molar-refractivity contribution in [3.05, 3.63) is 30.1 Å². The van der Waals surface area contributed by atoms with Crippen LogP contribution in [0.3, 0.4) is 0 Å². The summed E-state index contributed by atoms with van der Waals surface area (Å²) in [7, 11) is 0. The van der Waals surface area contributed by atoms with Gasteiger partial charge in [-0.15, -0.1) is 0 Å². The van der Waals surface area contributed by atoms with Crippen LogP contribution in [0.15, 0.2) is 24.3 Å². The first-order valence-electron chi connectivity index (χ1n) is 8.06. The predicted octanol–water partition coefficient (Wildman–Crippen LogP) is 3.38. The molecule has 22 heavy (non-hydrogen) atoms. The molecule has 0 unspecified atom stereocenters. The van der Waals surface area contributed by atoms with Crippen LogP contribution in [0.1, 0.15) is 26.7 Å². The minimum atomic E-state index is -0.254. The Kier molecular flexibility index (Phi) is 6.04. The fraction of sp³-hybridized carbons (Fsp3) is 0.588. The fourth-order valence-electron chi connectivity index (χ4n) is 2.73. The topological polar surface area (TPSA) is 32.8 Å². The zero-order valence-corrected chi connectivity index (χ0v) is 13.4. The second-order valence-electron chi connectivity index (χ2n) is 5.65. The van der Waals surface area contributed by atoms with E-state index in [2.05, 4.69) is 0 Å². The average Bonchev–Trinajstić information content (AvgIpc) is 2.56. The molecule has 0 spiro atoms. The largest absolute Gasteiger partial charge is 0.493 e. The molecule has 1 heterocycles. The Morgan fingerprint density at radius 3 is 2.36 bits per heavy atom. The van der Waals surface area contributed by atoms with E-state index in [-0.39, 0.29) is 11.8 Å². The Morgan fingerprint density at radius 1 is 1.23 bits per heavy atom. The number of hydrogen-bond acceptors (Lipinski definition) is 2. The number of carbonyl (C=O) groups is 1. The highest BCUT2D eigenvalue weighted by atomic mass is 19.1. The highest BCUT2D eigenvalue weighted by molar-refractivity contribution is 5.74. The molecular weight excluding hydrogens is 283 g/mol. The van der Waals surface area contributed by atoms with E-state index >= 15 is 0 Å². The molecule has 122 valence electrons. The normalized spacial score (nSPS) is 15.7. The number of benzene rings is 1. The molecule has 1 fully saturated rings. The van der Waals surface area contributed by atoms with Crippen LogP contribution in [0, 0.1) is 11.7 Å². The van der Waals surface area contributed by atoms with E-state index in [1.807, 2.05) is 23.6 Å². The monoisotopic (exact) mass is 308 g/mol. The number of ether oxygens (including phenoxy) is 1. The Balaban J connectivity index is 1.75. The van der Waals surface area contributed by atoms with Gasteiger partial charge in [-0.1, -0.05) is 0 Å². The molecule has 5 heteroatoms. The smallest absolute Gasteiger partial charge is 0.319 e. The first-order chi connectivity index (χ1) is 10.6. The van der Waals surface area contributed by atoms with Gasteiger partial charge in [0.2, 0.25) is 0 Å². The van der Waals surface area contributed by atoms with Crippen LogP contribution in [-0.4, -0.2) is 48.6 Å². The lowest BCUT2D eigenvalue weighted by atomic mass is 9.98. The molecule has 1 aliphatic heterocycles. The average molecular weight is 308 g/mol. The molecule has 1 saturated heterocycles. The summed E-state index contributed by atoms with van der Waals surface area (Å²) in [5.41, 5.74) is 0. The number of urea groups is 1. The highest BCUT2D eigenvalue weighted by Gasteiger charge is 2.25. The van der Waals surface area contributed by atoms with Crippen molar-refractivity contribution in [3.8, 4) is 5.75 Å². The number of piperidine rings is 1. The van der Waals surface area contributed by atoms with Gasteiger partial charge in [0.1, 0.15) is 11.6 Å². The maximum atomic E-state index is 12.8. The van der Waals surface area contributed by atoms with Crippen LogP contribution in [0.25, 0.3) is 0 Å². The van der Waals surface area contributed by atoms with Gasteiger partial charge in [0.05, 0.1) is 6.61 Å². The van der Waals surface area contributed by atoms with Crippen LogP contribution < -0.4 is 4.74 Å². The maximum Gasteiger partial charge on any atom is 0.319 e. The number of amides is 2. The summed E-state index contributed by atoms with van der Waals surface area (Å²) >= 11 is 0. The summed E-state index contributed by atoms with van der Waals surface area (Å²) < 4.78 is 18.5. The van der Waals surface area contributed by atoms with E-state index in [4.69, 9.17) is 4.74 Å². The van der Waals surface area contributed by atoms with Gasteiger partial charge < -0.3 is 14.5 Å². The molecule has 2 amide bonds. The molecule has 1 aliphatic rings. The van der Waals surface area contributed by atoms with Gasteiger partial charge in [-0.3, -0.25) is 0 Å². The molecule has 1 aromatic rings. The maximum absolute atomic E-state index is 12.8. The minimum absolute atomic E-state index is 0.142. The molecule has 0 saturated carbocycles. The number of nitrogens with zero attached hydrogens (tertiary/aromatic N) is 2. The lowest BCUT2D eigenvalue weighted by Gasteiger charge is -2.35. The van der Waals surface area contributed by atoms with Crippen LogP contribution in [-0.2, 0) is 0 Å². The lowest BCUT2D eigenvalue weighted by Crippen LogP contribution is -2.47. The van der Waals surface area contributed by atoms with Crippen molar-refractivity contribution in [1.29, 1.82) is 0 Å². The van der Waals surface area contributed by atoms with Crippen molar-refractivity contribution >= 4 is 6.03 Å². The number of halogens is 1. The van der Waals surface area contributed by atoms with Crippen molar-refractivity contribution in [2.75, 3.05) is 32.8 Å². The Hall–Kier alpha value is -1.78. The van der Waals surface area contributed by atoms with Gasteiger partial charge >= 0.3 is 6.03 Å². The lowest BCUT2D eigenvalue weighted by molar-refractivity contribution is 0.121. The summed E-state index contributed by atoms with van der Waals surface area (Å²) in [4.78, 5) is 16.1. The molecule has 4 nitrogen and oxygen atoms in total. The number of rotatable bonds is 5. The Morgan fingerprint density at radius 2 is 1.82 bits per heavy atom. The standard InChI is InChI=1S/C17H25FN2O2/c1-3-19(4-2)17(21)20-11-9-14(10-12-20)13-22-16-7-5-15(18)6-8-16/h5-8,14H,3-4,9-13H2,1-2H3. The second kappa shape index (κ2) is 8.01. The van der Waals surface area contributed by atoms with Gasteiger partial charge in [0.15, 0.2) is 0 Å². The van der Waals surface area contributed by atoms with E-state index in [0.29, 0.717) is 18.3 Å². The molecular formula is C17H25FN2O2. The molecule has 0 N–H and O–H groups in total. The van der Waals surface area contributed by atoms with Gasteiger partial charge in [0, 0.05) is 26.2 Å². The van der Waals surface area contributed by atoms with Crippen LogP contribution in [0.2, 0.25) is 0 Å². The van der Waals surface area contributed by atoms with E-state index in [1.165, 1.54) is 12.1 Å². The number of hydrogen-bond donors (Lipinski definition) is 0. The summed E-state index contributed by atoms with van der Waals surface area (Å²) in [5, 5.41) is 0. The number of carbonyl (C=O) groups excluding carboxylic acids is 1. The summed E-state index contributed by atoms with van der Waals surface area (Å²) in [5.74, 6) is 0.893. The van der Waals surface area contributed by atoms with Crippen molar-refractivity contribution in [2.24, 2.45) is 5.92 Å². The van der Waals surface area contributed by atoms with E-state index < -0.39 is 0 Å². The third kappa shape index (κ3) is 4.36. The molecule has 0 atom stereocenters. The van der Waals surface area contributed by atoms with Gasteiger partial charge in [-0.05, 0) is 56.9 Å². The van der Waals surface area contributed by atoms with Crippen molar-refractivity contribution < 1.29 is 13.9 Å². The molecule has 0 radical (unpaired) electrons. The highest BCUT2D eigenvalue weighted by Crippen LogP contribution is 2.20. The van der Waals surface area contributed by atoms with Crippen LogP contribution >= 0.6 is 0 Å². The number of likely N-dealkylation sites (tertiary alicyclic amines) is 1. The van der Waals surface area contributed by atoms with E-state index in [9.17, 15) is 9.18 Å². The van der Waals surface area contributed by atoms with Crippen molar-refractivity contribution in [2.45, 2.75) is 26.7 Å². The summed E-state index contributed by atoms with van der Waals surface area (Å²) in [6.45, 7) is 7.71. The van der Waals surface area contributed by atoms with E-state index in [0.717, 1.165) is 39.0 Å². The van der Waals surface area contributed by atoms with Crippen LogP contribution in [0.5, 0.6) is 5.75 Å². The zero-order valence-electron chi connectivity index (χ0n) is 13.4. The van der Waals surface area contributed by atoms with Crippen molar-refractivity contribution in [3.63, 3.8) is 0 Å². The molecule has 1 aromatic carbocycles. The predicted molar refractivity (Wildman–Crippen MR) is 84.5 cm³/mol. The molecule has 0 aromatic heterocycles. The van der Waals surface area contributed by atoms with E-state index in [1.54, 1.807) is 12.1 Å². The zero-order chi connectivity index (χ0) is 15.9. The third-order valence-electron chi connectivity index (χ3n) is 4.22. The third-order valence-corrected chi connectivity index (χ3v) is 4.22. The first kappa shape index (κ1) is 16.6. The SMILES string of the molecule is CCN(CC)C(=O)N1CCC(COc2ccc(F)cc2)CC1. The van der Waals surface area contributed by atoms with Crippen molar-refractivity contribution in [1.82, 2.24) is 9.80 Å². The quantitative estimate of drug-likeness (QED) is 0.835. The van der Waals surface area contributed by atoms with Gasteiger partial charge in [0.25, 0.3) is 0 Å². The summed E-state index contributed by atoms with van der Waals surface area (Å²) in [6.07, 6.45) is 1.91. The minimum Gasteiger partial charge on any atom is -0.493 e. The first-order valence-corrected chi connectivity index (χ1v) is 8.06. The Bertz CT molecular complexity index is 466. The van der Waals surface area contributed by atoms with Gasteiger partial charge in [-0.2, -0.15) is 0 Å². The summed E-state index contributed by atoms with van der Waals surface area (Å²) in [6, 6.07) is 6.24. The molecule has 2 rings (SSSR count). The fourth-order valence-corrected chi connectivity index (χ4v) is 2.73. The molecule has 0 bridgehead atoms. The Labute approximate surface area is 131 Å². The molecule has 0 aliphatic carbocycles. The van der Waals surface area contributed by atoms with Crippen LogP contribution in [0.4, 0.5) is 9.18 Å². The van der Waals surface area contributed by atoms with Gasteiger partial charge in [-0.25, -0.2) is 9.18 Å². The second-order valence-corrected chi connectivity index (χ2v) is 5.65.